The molecule has 68 heavy (non-hydrogen) atoms. The Kier molecular flexibility index (Phi) is 7.04. The minimum Gasteiger partial charge on any atom is -0.294 e. The van der Waals surface area contributed by atoms with Crippen LogP contribution in [-0.4, -0.2) is 17.9 Å². The molecule has 0 N–H and O–H groups in total. The summed E-state index contributed by atoms with van der Waals surface area (Å²) >= 11 is 0. The van der Waals surface area contributed by atoms with Gasteiger partial charge >= 0.3 is 0 Å². The van der Waals surface area contributed by atoms with E-state index in [0.29, 0.717) is 0 Å². The molecule has 4 nitrogen and oxygen atoms in total. The molecule has 0 spiro atoms. The Labute approximate surface area is 388 Å². The van der Waals surface area contributed by atoms with Gasteiger partial charge in [0.05, 0.1) is 33.1 Å². The van der Waals surface area contributed by atoms with E-state index in [1.807, 2.05) is 0 Å². The number of hydrogen-bond acceptors (Lipinski definition) is 0. The zero-order valence-corrected chi connectivity index (χ0v) is 36.7. The summed E-state index contributed by atoms with van der Waals surface area (Å²) in [6.07, 6.45) is 0. The molecule has 16 rings (SSSR count). The maximum atomic E-state index is 2.47. The fourth-order valence-corrected chi connectivity index (χ4v) is 12.3. The van der Waals surface area contributed by atoms with Crippen LogP contribution >= 0.6 is 0 Å². The highest BCUT2D eigenvalue weighted by atomic mass is 15.2. The molecular formula is C64H38N4. The highest BCUT2D eigenvalue weighted by Crippen LogP contribution is 2.48. The van der Waals surface area contributed by atoms with Crippen LogP contribution in [0.15, 0.2) is 231 Å². The first-order valence-electron chi connectivity index (χ1n) is 23.5. The smallest absolute Gasteiger partial charge is 0.123 e. The third-order valence-corrected chi connectivity index (χ3v) is 15.1. The molecule has 0 radical (unpaired) electrons. The first-order chi connectivity index (χ1) is 33.8. The van der Waals surface area contributed by atoms with Crippen molar-refractivity contribution in [1.29, 1.82) is 0 Å². The quantitative estimate of drug-likeness (QED) is 0.165. The molecule has 4 heterocycles. The molecule has 4 heteroatoms. The van der Waals surface area contributed by atoms with Gasteiger partial charge in [-0.15, -0.1) is 0 Å². The van der Waals surface area contributed by atoms with Gasteiger partial charge in [0.2, 0.25) is 0 Å². The molecule has 2 aliphatic carbocycles. The van der Waals surface area contributed by atoms with Crippen molar-refractivity contribution in [3.8, 4) is 22.5 Å². The van der Waals surface area contributed by atoms with Crippen LogP contribution in [0.5, 0.6) is 0 Å². The van der Waals surface area contributed by atoms with Crippen molar-refractivity contribution in [2.45, 2.75) is 0 Å². The molecule has 0 saturated heterocycles. The van der Waals surface area contributed by atoms with Crippen LogP contribution in [-0.2, 0) is 0 Å². The number of nitrogens with zero attached hydrogens (tertiary/aromatic N) is 4. The van der Waals surface area contributed by atoms with Crippen molar-refractivity contribution in [3.05, 3.63) is 231 Å². The predicted octanol–water partition coefficient (Wildman–Crippen LogP) is 17.0. The number of benzene rings is 10. The summed E-state index contributed by atoms with van der Waals surface area (Å²) in [7, 11) is 0. The Hall–Kier alpha value is -9.12. The second-order valence-electron chi connectivity index (χ2n) is 18.4. The monoisotopic (exact) mass is 862 g/mol. The Bertz CT molecular complexity index is 4860. The largest absolute Gasteiger partial charge is 0.294 e. The maximum absolute atomic E-state index is 2.47. The van der Waals surface area contributed by atoms with Gasteiger partial charge in [0.1, 0.15) is 11.3 Å². The molecule has 0 atom stereocenters. The molecular weight excluding hydrogens is 825 g/mol. The second kappa shape index (κ2) is 13.3. The Morgan fingerprint density at radius 3 is 1.09 bits per heavy atom. The maximum Gasteiger partial charge on any atom is 0.123 e. The molecule has 10 aromatic carbocycles. The predicted molar refractivity (Wildman–Crippen MR) is 288 cm³/mol. The fourth-order valence-electron chi connectivity index (χ4n) is 12.3. The highest BCUT2D eigenvalue weighted by Gasteiger charge is 2.22. The normalized spacial score (nSPS) is 12.4. The summed E-state index contributed by atoms with van der Waals surface area (Å²) in [4.78, 5) is 0. The topological polar surface area (TPSA) is 18.7 Å². The third kappa shape index (κ3) is 4.68. The van der Waals surface area contributed by atoms with Crippen LogP contribution in [0.2, 0.25) is 0 Å². The average Bonchev–Trinajstić information content (AvgIpc) is 4.14. The van der Waals surface area contributed by atoms with Gasteiger partial charge < -0.3 is 0 Å². The number of rotatable bonds is 2. The van der Waals surface area contributed by atoms with Crippen molar-refractivity contribution in [2.75, 3.05) is 0 Å². The zero-order chi connectivity index (χ0) is 44.2. The lowest BCUT2D eigenvalue weighted by atomic mass is 9.84. The van der Waals surface area contributed by atoms with E-state index in [2.05, 4.69) is 248 Å². The first-order valence-corrected chi connectivity index (χ1v) is 23.5. The van der Waals surface area contributed by atoms with Crippen molar-refractivity contribution in [2.24, 2.45) is 0 Å². The van der Waals surface area contributed by atoms with Gasteiger partial charge in [-0.1, -0.05) is 164 Å². The van der Waals surface area contributed by atoms with Crippen LogP contribution in [0.25, 0.3) is 142 Å². The number of aromatic nitrogens is 4. The van der Waals surface area contributed by atoms with E-state index < -0.39 is 0 Å². The molecule has 0 amide bonds. The standard InChI is InChI=1S/C64H38N4/c1-8-26-55-39(15-1)35-61-66(56-27-9-11-29-58(56)67(55)61)42-32-31-40-36-62-65(57-28-10-12-30-59(57)68(62)60(40)38-42)41-33-34-49-53-25-14-23-51-46-19-5-3-17-44(46)43-16-2-4-18-45(43)50-22-13-24-52(63(50)64(51)53)47-20-6-7-21-48(47)54(49)37-41/h1-38H. The summed E-state index contributed by atoms with van der Waals surface area (Å²) < 4.78 is 9.75. The molecule has 0 saturated carbocycles. The highest BCUT2D eigenvalue weighted by molar-refractivity contribution is 6.31. The summed E-state index contributed by atoms with van der Waals surface area (Å²) in [5, 5.41) is 17.4. The molecule has 2 aliphatic rings. The Morgan fingerprint density at radius 1 is 0.206 bits per heavy atom. The summed E-state index contributed by atoms with van der Waals surface area (Å²) in [5.41, 5.74) is 14.2. The molecule has 314 valence electrons. The van der Waals surface area contributed by atoms with Crippen LogP contribution in [0, 0.1) is 0 Å². The van der Waals surface area contributed by atoms with Gasteiger partial charge in [-0.2, -0.15) is 0 Å². The number of imidazole rings is 2. The van der Waals surface area contributed by atoms with Gasteiger partial charge in [-0.3, -0.25) is 17.9 Å². The molecule has 0 unspecified atom stereocenters. The van der Waals surface area contributed by atoms with E-state index in [1.54, 1.807) is 0 Å². The second-order valence-corrected chi connectivity index (χ2v) is 18.4. The van der Waals surface area contributed by atoms with Crippen LogP contribution in [0.3, 0.4) is 0 Å². The van der Waals surface area contributed by atoms with E-state index in [4.69, 9.17) is 0 Å². The molecule has 4 aromatic heterocycles. The summed E-state index contributed by atoms with van der Waals surface area (Å²) in [6.45, 7) is 0. The van der Waals surface area contributed by atoms with Crippen molar-refractivity contribution >= 4 is 120 Å². The minimum atomic E-state index is 1.12. The van der Waals surface area contributed by atoms with E-state index in [1.165, 1.54) is 114 Å². The van der Waals surface area contributed by atoms with Gasteiger partial charge in [0.25, 0.3) is 0 Å². The number of para-hydroxylation sites is 5. The van der Waals surface area contributed by atoms with E-state index in [0.717, 1.165) is 28.2 Å². The van der Waals surface area contributed by atoms with Crippen molar-refractivity contribution < 1.29 is 0 Å². The fraction of sp³-hybridized carbons (Fsp3) is 0. The Balaban J connectivity index is 1.01. The molecule has 0 bridgehead atoms. The summed E-state index contributed by atoms with van der Waals surface area (Å²) in [6, 6.07) is 86.0. The SMILES string of the molecule is c1ccc2c(c1)cc1n(-c3ccc4cc5n(-c6ccc7c8cccc9c8-c8c(cccc8c8ccccc8c7c6)c6ccccc6c6ccccc96)c6ccccc6n5c4c3)c3ccccc3n21. The molecule has 14 aromatic rings. The number of fused-ring (bicyclic) bond motifs is 20. The van der Waals surface area contributed by atoms with E-state index >= 15 is 0 Å². The van der Waals surface area contributed by atoms with Crippen molar-refractivity contribution in [1.82, 2.24) is 17.9 Å². The van der Waals surface area contributed by atoms with Crippen LogP contribution in [0.1, 0.15) is 0 Å². The zero-order valence-electron chi connectivity index (χ0n) is 36.7. The first kappa shape index (κ1) is 36.1. The van der Waals surface area contributed by atoms with Gasteiger partial charge in [0, 0.05) is 22.1 Å². The number of hydrogen-bond donors (Lipinski definition) is 0. The molecule has 0 fully saturated rings. The van der Waals surface area contributed by atoms with Gasteiger partial charge in [-0.25, -0.2) is 0 Å². The van der Waals surface area contributed by atoms with E-state index in [9.17, 15) is 0 Å². The average molecular weight is 863 g/mol. The summed E-state index contributed by atoms with van der Waals surface area (Å²) in [5.74, 6) is 0. The lowest BCUT2D eigenvalue weighted by molar-refractivity contribution is 1.14. The van der Waals surface area contributed by atoms with Gasteiger partial charge in [0.15, 0.2) is 0 Å². The lowest BCUT2D eigenvalue weighted by Crippen LogP contribution is -1.95. The van der Waals surface area contributed by atoms with E-state index in [-0.39, 0.29) is 0 Å². The van der Waals surface area contributed by atoms with Crippen molar-refractivity contribution in [3.63, 3.8) is 0 Å². The van der Waals surface area contributed by atoms with Crippen LogP contribution < -0.4 is 0 Å². The Morgan fingerprint density at radius 2 is 0.559 bits per heavy atom. The minimum absolute atomic E-state index is 1.12. The van der Waals surface area contributed by atoms with Crippen LogP contribution in [0.4, 0.5) is 0 Å². The molecule has 0 aliphatic heterocycles. The third-order valence-electron chi connectivity index (χ3n) is 15.1. The van der Waals surface area contributed by atoms with Gasteiger partial charge in [-0.05, 0) is 142 Å². The lowest BCUT2D eigenvalue weighted by Gasteiger charge is -2.19.